The average Bonchev–Trinajstić information content (AvgIpc) is 2.64. The standard InChI is InChI=1S/C8H13N3O5S/c1-11-4-7(9-6-11)17(14,15)10-2-3-16-5-8(12)13/h4,6,10H,2-3,5H2,1H3,(H,12,13). The molecule has 8 nitrogen and oxygen atoms in total. The Morgan fingerprint density at radius 2 is 2.35 bits per heavy atom. The first-order valence-electron chi connectivity index (χ1n) is 4.69. The lowest BCUT2D eigenvalue weighted by Crippen LogP contribution is -2.28. The topological polar surface area (TPSA) is 111 Å². The lowest BCUT2D eigenvalue weighted by atomic mass is 10.7. The predicted octanol–water partition coefficient (Wildman–Crippen LogP) is -1.20. The van der Waals surface area contributed by atoms with Crippen molar-refractivity contribution < 1.29 is 23.1 Å². The number of carboxylic acid groups (broad SMARTS) is 1. The van der Waals surface area contributed by atoms with Crippen LogP contribution in [-0.2, 0) is 26.6 Å². The van der Waals surface area contributed by atoms with Crippen molar-refractivity contribution in [3.05, 3.63) is 12.5 Å². The molecule has 1 heterocycles. The zero-order valence-corrected chi connectivity index (χ0v) is 9.98. The first-order chi connectivity index (χ1) is 7.92. The SMILES string of the molecule is Cn1cnc(S(=O)(=O)NCCOCC(=O)O)c1. The van der Waals surface area contributed by atoms with E-state index < -0.39 is 22.6 Å². The van der Waals surface area contributed by atoms with Gasteiger partial charge in [0.15, 0.2) is 5.03 Å². The molecule has 0 radical (unpaired) electrons. The van der Waals surface area contributed by atoms with Gasteiger partial charge in [-0.25, -0.2) is 22.9 Å². The average molecular weight is 263 g/mol. The third-order valence-electron chi connectivity index (χ3n) is 1.72. The van der Waals surface area contributed by atoms with Crippen molar-refractivity contribution in [2.45, 2.75) is 5.03 Å². The summed E-state index contributed by atoms with van der Waals surface area (Å²) in [6, 6.07) is 0. The van der Waals surface area contributed by atoms with Crippen LogP contribution in [0.5, 0.6) is 0 Å². The lowest BCUT2D eigenvalue weighted by molar-refractivity contribution is -0.142. The quantitative estimate of drug-likeness (QED) is 0.598. The Morgan fingerprint density at radius 1 is 1.65 bits per heavy atom. The Balaban J connectivity index is 2.38. The summed E-state index contributed by atoms with van der Waals surface area (Å²) in [5.74, 6) is -1.10. The normalized spacial score (nSPS) is 11.6. The summed E-state index contributed by atoms with van der Waals surface area (Å²) < 4.78 is 31.6. The molecule has 0 amide bonds. The Morgan fingerprint density at radius 3 is 2.88 bits per heavy atom. The molecule has 1 aromatic rings. The van der Waals surface area contributed by atoms with Gasteiger partial charge in [-0.2, -0.15) is 0 Å². The molecule has 0 aliphatic heterocycles. The summed E-state index contributed by atoms with van der Waals surface area (Å²) in [7, 11) is -1.99. The van der Waals surface area contributed by atoms with E-state index in [1.54, 1.807) is 7.05 Å². The van der Waals surface area contributed by atoms with Gasteiger partial charge in [0.1, 0.15) is 6.61 Å². The maximum Gasteiger partial charge on any atom is 0.329 e. The van der Waals surface area contributed by atoms with Crippen molar-refractivity contribution in [3.8, 4) is 0 Å². The van der Waals surface area contributed by atoms with Gasteiger partial charge in [-0.15, -0.1) is 0 Å². The van der Waals surface area contributed by atoms with Gasteiger partial charge in [0.2, 0.25) is 0 Å². The molecular formula is C8H13N3O5S. The molecule has 0 unspecified atom stereocenters. The fourth-order valence-corrected chi connectivity index (χ4v) is 2.00. The van der Waals surface area contributed by atoms with E-state index in [0.29, 0.717) is 0 Å². The van der Waals surface area contributed by atoms with Crippen molar-refractivity contribution in [2.24, 2.45) is 7.05 Å². The minimum atomic E-state index is -3.65. The molecule has 0 spiro atoms. The summed E-state index contributed by atoms with van der Waals surface area (Å²) in [5.41, 5.74) is 0. The highest BCUT2D eigenvalue weighted by atomic mass is 32.2. The van der Waals surface area contributed by atoms with Gasteiger partial charge in [-0.3, -0.25) is 0 Å². The van der Waals surface area contributed by atoms with Gasteiger partial charge in [-0.05, 0) is 0 Å². The van der Waals surface area contributed by atoms with Crippen LogP contribution in [0.2, 0.25) is 0 Å². The van der Waals surface area contributed by atoms with Gasteiger partial charge < -0.3 is 14.4 Å². The number of imidazole rings is 1. The zero-order chi connectivity index (χ0) is 12.9. The van der Waals surface area contributed by atoms with Crippen molar-refractivity contribution in [3.63, 3.8) is 0 Å². The van der Waals surface area contributed by atoms with E-state index in [4.69, 9.17) is 5.11 Å². The van der Waals surface area contributed by atoms with Crippen LogP contribution in [0.3, 0.4) is 0 Å². The number of aliphatic carboxylic acids is 1. The Bertz CT molecular complexity index is 481. The van der Waals surface area contributed by atoms with Crippen LogP contribution >= 0.6 is 0 Å². The summed E-state index contributed by atoms with van der Waals surface area (Å²) in [5, 5.41) is 8.19. The van der Waals surface area contributed by atoms with E-state index in [-0.39, 0.29) is 18.2 Å². The second kappa shape index (κ2) is 5.75. The minimum Gasteiger partial charge on any atom is -0.480 e. The molecule has 1 rings (SSSR count). The second-order valence-corrected chi connectivity index (χ2v) is 4.94. The first kappa shape index (κ1) is 13.6. The largest absolute Gasteiger partial charge is 0.480 e. The fraction of sp³-hybridized carbons (Fsp3) is 0.500. The van der Waals surface area contributed by atoms with Crippen LogP contribution < -0.4 is 4.72 Å². The van der Waals surface area contributed by atoms with Crippen molar-refractivity contribution >= 4 is 16.0 Å². The molecule has 0 aromatic carbocycles. The predicted molar refractivity (Wildman–Crippen MR) is 56.9 cm³/mol. The molecule has 96 valence electrons. The fourth-order valence-electron chi connectivity index (χ4n) is 1.01. The van der Waals surface area contributed by atoms with Gasteiger partial charge in [-0.1, -0.05) is 0 Å². The zero-order valence-electron chi connectivity index (χ0n) is 9.16. The van der Waals surface area contributed by atoms with Gasteiger partial charge in [0.25, 0.3) is 10.0 Å². The Kier molecular flexibility index (Phi) is 4.61. The summed E-state index contributed by atoms with van der Waals surface area (Å²) in [6.07, 6.45) is 2.73. The Hall–Kier alpha value is -1.45. The minimum absolute atomic E-state index is 0.00775. The van der Waals surface area contributed by atoms with E-state index in [9.17, 15) is 13.2 Å². The van der Waals surface area contributed by atoms with E-state index in [2.05, 4.69) is 14.4 Å². The summed E-state index contributed by atoms with van der Waals surface area (Å²) in [4.78, 5) is 13.8. The highest BCUT2D eigenvalue weighted by Gasteiger charge is 2.15. The van der Waals surface area contributed by atoms with Crippen LogP contribution in [0.15, 0.2) is 17.6 Å². The van der Waals surface area contributed by atoms with Crippen LogP contribution in [-0.4, -0.2) is 48.8 Å². The molecule has 0 atom stereocenters. The van der Waals surface area contributed by atoms with Crippen LogP contribution in [0.4, 0.5) is 0 Å². The van der Waals surface area contributed by atoms with E-state index >= 15 is 0 Å². The molecule has 2 N–H and O–H groups in total. The van der Waals surface area contributed by atoms with Crippen molar-refractivity contribution in [2.75, 3.05) is 19.8 Å². The number of carbonyl (C=O) groups is 1. The molecule has 0 saturated carbocycles. The third kappa shape index (κ3) is 4.51. The molecule has 0 saturated heterocycles. The Labute approximate surface area is 98.3 Å². The third-order valence-corrected chi connectivity index (χ3v) is 3.07. The molecule has 9 heteroatoms. The molecule has 0 aliphatic rings. The number of hydrogen-bond acceptors (Lipinski definition) is 5. The number of aromatic nitrogens is 2. The first-order valence-corrected chi connectivity index (χ1v) is 6.17. The van der Waals surface area contributed by atoms with E-state index in [0.717, 1.165) is 0 Å². The van der Waals surface area contributed by atoms with Crippen LogP contribution in [0.1, 0.15) is 0 Å². The highest BCUT2D eigenvalue weighted by molar-refractivity contribution is 7.89. The lowest BCUT2D eigenvalue weighted by Gasteiger charge is -2.03. The maximum atomic E-state index is 11.6. The number of sulfonamides is 1. The molecule has 17 heavy (non-hydrogen) atoms. The molecule has 1 aromatic heterocycles. The van der Waals surface area contributed by atoms with E-state index in [1.807, 2.05) is 0 Å². The molecule has 0 fully saturated rings. The maximum absolute atomic E-state index is 11.6. The number of nitrogens with one attached hydrogen (secondary N) is 1. The monoisotopic (exact) mass is 263 g/mol. The smallest absolute Gasteiger partial charge is 0.329 e. The molecular weight excluding hydrogens is 250 g/mol. The molecule has 0 aliphatic carbocycles. The van der Waals surface area contributed by atoms with E-state index in [1.165, 1.54) is 17.1 Å². The second-order valence-electron chi connectivity index (χ2n) is 3.22. The summed E-state index contributed by atoms with van der Waals surface area (Å²) >= 11 is 0. The number of ether oxygens (including phenoxy) is 1. The van der Waals surface area contributed by atoms with Crippen molar-refractivity contribution in [1.29, 1.82) is 0 Å². The number of rotatable bonds is 7. The van der Waals surface area contributed by atoms with Crippen LogP contribution in [0.25, 0.3) is 0 Å². The van der Waals surface area contributed by atoms with Crippen molar-refractivity contribution in [1.82, 2.24) is 14.3 Å². The van der Waals surface area contributed by atoms with Gasteiger partial charge in [0.05, 0.1) is 12.9 Å². The highest BCUT2D eigenvalue weighted by Crippen LogP contribution is 2.02. The van der Waals surface area contributed by atoms with Crippen LogP contribution in [0, 0.1) is 0 Å². The van der Waals surface area contributed by atoms with Gasteiger partial charge in [0, 0.05) is 19.8 Å². The van der Waals surface area contributed by atoms with Gasteiger partial charge >= 0.3 is 5.97 Å². The number of aryl methyl sites for hydroxylation is 1. The summed E-state index contributed by atoms with van der Waals surface area (Å²) in [6.45, 7) is -0.476. The molecule has 0 bridgehead atoms. The number of carboxylic acids is 1. The number of nitrogens with zero attached hydrogens (tertiary/aromatic N) is 2. The number of hydrogen-bond donors (Lipinski definition) is 2.